The smallest absolute Gasteiger partial charge is 0.416 e. The van der Waals surface area contributed by atoms with Gasteiger partial charge in [-0.25, -0.2) is 14.4 Å². The monoisotopic (exact) mass is 284 g/mol. The van der Waals surface area contributed by atoms with Crippen LogP contribution in [0.15, 0.2) is 0 Å². The maximum atomic E-state index is 11.7. The Hall–Kier alpha value is -1.59. The molecule has 20 heavy (non-hydrogen) atoms. The summed E-state index contributed by atoms with van der Waals surface area (Å²) in [6, 6.07) is 0. The number of nitrogens with zero attached hydrogens (tertiary/aromatic N) is 2. The summed E-state index contributed by atoms with van der Waals surface area (Å²) >= 11 is 0. The molecule has 0 saturated carbocycles. The van der Waals surface area contributed by atoms with Crippen LogP contribution in [-0.4, -0.2) is 47.6 Å². The molecule has 6 nitrogen and oxygen atoms in total. The van der Waals surface area contributed by atoms with Gasteiger partial charge in [-0.1, -0.05) is 32.6 Å². The summed E-state index contributed by atoms with van der Waals surface area (Å²) in [5.74, 6) is -0.343. The van der Waals surface area contributed by atoms with E-state index in [1.807, 2.05) is 0 Å². The molecule has 0 unspecified atom stereocenters. The van der Waals surface area contributed by atoms with Gasteiger partial charge in [0.1, 0.15) is 6.61 Å². The number of hydroxylamine groups is 1. The van der Waals surface area contributed by atoms with Crippen LogP contribution < -0.4 is 0 Å². The molecule has 114 valence electrons. The first-order chi connectivity index (χ1) is 9.65. The first-order valence-corrected chi connectivity index (χ1v) is 7.39. The zero-order valence-electron chi connectivity index (χ0n) is 12.2. The second kappa shape index (κ2) is 9.34. The fourth-order valence-electron chi connectivity index (χ4n) is 2.04. The highest BCUT2D eigenvalue weighted by Gasteiger charge is 2.28. The lowest BCUT2D eigenvalue weighted by Gasteiger charge is -2.10. The Bertz CT molecular complexity index is 355. The fourth-order valence-corrected chi connectivity index (χ4v) is 2.04. The van der Waals surface area contributed by atoms with Crippen LogP contribution in [0, 0.1) is 5.21 Å². The average molecular weight is 284 g/mol. The quantitative estimate of drug-likeness (QED) is 0.214. The van der Waals surface area contributed by atoms with Crippen LogP contribution in [0.3, 0.4) is 0 Å². The van der Waals surface area contributed by atoms with Crippen LogP contribution in [0.4, 0.5) is 4.79 Å². The lowest BCUT2D eigenvalue weighted by Crippen LogP contribution is -2.32. The minimum absolute atomic E-state index is 0.0466. The molecule has 0 N–H and O–H groups in total. The normalized spacial score (nSPS) is 15.6. The Morgan fingerprint density at radius 1 is 1.40 bits per heavy atom. The van der Waals surface area contributed by atoms with Crippen LogP contribution in [-0.2, 0) is 9.53 Å². The summed E-state index contributed by atoms with van der Waals surface area (Å²) < 4.78 is 5.46. The van der Waals surface area contributed by atoms with E-state index in [0.29, 0.717) is 0 Å². The van der Waals surface area contributed by atoms with Crippen molar-refractivity contribution in [2.75, 3.05) is 19.7 Å². The number of hydrogen-bond donors (Lipinski definition) is 0. The highest BCUT2D eigenvalue weighted by atomic mass is 16.6. The van der Waals surface area contributed by atoms with Crippen LogP contribution >= 0.6 is 0 Å². The zero-order chi connectivity index (χ0) is 14.8. The van der Waals surface area contributed by atoms with E-state index in [1.165, 1.54) is 19.3 Å². The number of ether oxygens (including phenoxy) is 1. The van der Waals surface area contributed by atoms with Crippen molar-refractivity contribution in [2.24, 2.45) is 0 Å². The van der Waals surface area contributed by atoms with Crippen LogP contribution in [0.2, 0.25) is 0 Å². The highest BCUT2D eigenvalue weighted by molar-refractivity contribution is 5.92. The molecular weight excluding hydrogens is 260 g/mol. The molecule has 0 atom stereocenters. The van der Waals surface area contributed by atoms with Gasteiger partial charge in [0.05, 0.1) is 13.0 Å². The van der Waals surface area contributed by atoms with Gasteiger partial charge in [0.25, 0.3) is 0 Å². The molecule has 0 bridgehead atoms. The summed E-state index contributed by atoms with van der Waals surface area (Å²) in [5, 5.41) is 11.5. The molecule has 0 aromatic heterocycles. The molecule has 1 fully saturated rings. The molecule has 1 rings (SSSR count). The van der Waals surface area contributed by atoms with Crippen molar-refractivity contribution in [3.8, 4) is 0 Å². The van der Waals surface area contributed by atoms with Gasteiger partial charge in [0.2, 0.25) is 5.91 Å². The second-order valence-electron chi connectivity index (χ2n) is 4.94. The highest BCUT2D eigenvalue weighted by Crippen LogP contribution is 2.06. The van der Waals surface area contributed by atoms with Gasteiger partial charge in [-0.2, -0.15) is 0 Å². The molecule has 1 aliphatic heterocycles. The summed E-state index contributed by atoms with van der Waals surface area (Å²) in [5.41, 5.74) is 0. The predicted molar refractivity (Wildman–Crippen MR) is 75.6 cm³/mol. The van der Waals surface area contributed by atoms with Gasteiger partial charge in [-0.3, -0.25) is 4.79 Å². The molecule has 0 spiro atoms. The number of rotatable bonds is 9. The molecule has 2 amide bonds. The van der Waals surface area contributed by atoms with Gasteiger partial charge in [0.15, 0.2) is 12.8 Å². The Kier molecular flexibility index (Phi) is 7.69. The molecular formula is C14H24N2O4. The number of carbonyl (C=O) groups excluding carboxylic acids is 2. The standard InChI is InChI=1S/C14H24N2O4/c1-2-3-4-5-6-7-9-15(19)10-8-13(17)16-11-12-20-14(16)18/h9H,2-8,10-12H2,1H3/b15-9-. The zero-order valence-corrected chi connectivity index (χ0v) is 12.2. The summed E-state index contributed by atoms with van der Waals surface area (Å²) in [6.07, 6.45) is 7.56. The van der Waals surface area contributed by atoms with Crippen molar-refractivity contribution in [1.82, 2.24) is 4.90 Å². The number of unbranched alkanes of at least 4 members (excludes halogenated alkanes) is 5. The van der Waals surface area contributed by atoms with Crippen molar-refractivity contribution in [3.63, 3.8) is 0 Å². The van der Waals surface area contributed by atoms with E-state index < -0.39 is 6.09 Å². The fraction of sp³-hybridized carbons (Fsp3) is 0.786. The van der Waals surface area contributed by atoms with Crippen LogP contribution in [0.25, 0.3) is 0 Å². The number of hydrogen-bond acceptors (Lipinski definition) is 4. The molecule has 1 heterocycles. The molecule has 6 heteroatoms. The average Bonchev–Trinajstić information content (AvgIpc) is 2.86. The Balaban J connectivity index is 2.13. The van der Waals surface area contributed by atoms with E-state index in [2.05, 4.69) is 11.7 Å². The van der Waals surface area contributed by atoms with Gasteiger partial charge >= 0.3 is 6.09 Å². The van der Waals surface area contributed by atoms with Crippen molar-refractivity contribution >= 4 is 18.2 Å². The van der Waals surface area contributed by atoms with Crippen molar-refractivity contribution < 1.29 is 19.1 Å². The third-order valence-electron chi connectivity index (χ3n) is 3.25. The molecule has 0 radical (unpaired) electrons. The first-order valence-electron chi connectivity index (χ1n) is 7.39. The molecule has 0 aromatic rings. The maximum Gasteiger partial charge on any atom is 0.416 e. The topological polar surface area (TPSA) is 72.7 Å². The Morgan fingerprint density at radius 3 is 2.80 bits per heavy atom. The predicted octanol–water partition coefficient (Wildman–Crippen LogP) is 2.30. The lowest BCUT2D eigenvalue weighted by atomic mass is 10.1. The minimum atomic E-state index is -0.604. The van der Waals surface area contributed by atoms with Gasteiger partial charge in [-0.05, 0) is 6.42 Å². The number of amides is 2. The summed E-state index contributed by atoms with van der Waals surface area (Å²) in [6.45, 7) is 2.80. The van der Waals surface area contributed by atoms with Gasteiger partial charge in [-0.15, -0.1) is 0 Å². The van der Waals surface area contributed by atoms with E-state index >= 15 is 0 Å². The van der Waals surface area contributed by atoms with Gasteiger partial charge in [0, 0.05) is 6.42 Å². The van der Waals surface area contributed by atoms with Crippen LogP contribution in [0.1, 0.15) is 51.9 Å². The molecule has 0 aromatic carbocycles. The van der Waals surface area contributed by atoms with Crippen molar-refractivity contribution in [3.05, 3.63) is 5.21 Å². The van der Waals surface area contributed by atoms with Gasteiger partial charge < -0.3 is 9.94 Å². The molecule has 1 saturated heterocycles. The maximum absolute atomic E-state index is 11.7. The SMILES string of the molecule is CCCCCCC/C=[N+](\[O-])CCC(=O)N1CCOC1=O. The van der Waals surface area contributed by atoms with Crippen molar-refractivity contribution in [1.29, 1.82) is 0 Å². The third kappa shape index (κ3) is 6.04. The number of carbonyl (C=O) groups is 2. The minimum Gasteiger partial charge on any atom is -0.624 e. The summed E-state index contributed by atoms with van der Waals surface area (Å²) in [7, 11) is 0. The largest absolute Gasteiger partial charge is 0.624 e. The van der Waals surface area contributed by atoms with E-state index in [-0.39, 0.29) is 32.0 Å². The Labute approximate surface area is 120 Å². The lowest BCUT2D eigenvalue weighted by molar-refractivity contribution is -0.452. The number of cyclic esters (lactones) is 1. The van der Waals surface area contributed by atoms with E-state index in [9.17, 15) is 14.8 Å². The van der Waals surface area contributed by atoms with E-state index in [4.69, 9.17) is 0 Å². The van der Waals surface area contributed by atoms with E-state index in [1.54, 1.807) is 6.21 Å². The van der Waals surface area contributed by atoms with Crippen molar-refractivity contribution in [2.45, 2.75) is 51.9 Å². The Morgan fingerprint density at radius 2 is 2.15 bits per heavy atom. The molecule has 0 aliphatic carbocycles. The van der Waals surface area contributed by atoms with E-state index in [0.717, 1.165) is 28.9 Å². The van der Waals surface area contributed by atoms with Crippen LogP contribution in [0.5, 0.6) is 0 Å². The third-order valence-corrected chi connectivity index (χ3v) is 3.25. The number of imide groups is 1. The second-order valence-corrected chi connectivity index (χ2v) is 4.94. The molecule has 1 aliphatic rings. The first kappa shape index (κ1) is 16.5. The summed E-state index contributed by atoms with van der Waals surface area (Å²) in [4.78, 5) is 23.8.